The van der Waals surface area contributed by atoms with Gasteiger partial charge in [-0.25, -0.2) is 9.78 Å². The minimum absolute atomic E-state index is 0.243. The Morgan fingerprint density at radius 1 is 1.15 bits per heavy atom. The molecule has 0 aliphatic carbocycles. The molecule has 0 fully saturated rings. The molecule has 0 amide bonds. The number of rotatable bonds is 5. The second-order valence-electron chi connectivity index (χ2n) is 5.97. The molecule has 0 radical (unpaired) electrons. The van der Waals surface area contributed by atoms with E-state index in [0.29, 0.717) is 5.56 Å². The van der Waals surface area contributed by atoms with Crippen molar-refractivity contribution in [2.75, 3.05) is 6.61 Å². The first kappa shape index (κ1) is 19.3. The Morgan fingerprint density at radius 3 is 2.48 bits per heavy atom. The molecule has 0 spiro atoms. The van der Waals surface area contributed by atoms with E-state index < -0.39 is 5.97 Å². The molecule has 0 atom stereocenters. The number of ether oxygens (including phenoxy) is 1. The van der Waals surface area contributed by atoms with Crippen LogP contribution in [-0.2, 0) is 4.74 Å². The number of ketones is 1. The molecular weight excluding hydrogens is 432 g/mol. The normalized spacial score (nSPS) is 10.7. The molecule has 1 aromatic carbocycles. The molecule has 27 heavy (non-hydrogen) atoms. The highest BCUT2D eigenvalue weighted by Crippen LogP contribution is 2.23. The van der Waals surface area contributed by atoms with E-state index in [0.717, 1.165) is 21.5 Å². The molecule has 2 aromatic heterocycles. The van der Waals surface area contributed by atoms with Gasteiger partial charge in [0.15, 0.2) is 6.61 Å². The predicted molar refractivity (Wildman–Crippen MR) is 107 cm³/mol. The van der Waals surface area contributed by atoms with E-state index in [1.165, 1.54) is 18.3 Å². The predicted octanol–water partition coefficient (Wildman–Crippen LogP) is 4.94. The average Bonchev–Trinajstić information content (AvgIpc) is 2.95. The fraction of sp³-hybridized carbons (Fsp3) is 0.150. The maximum absolute atomic E-state index is 12.6. The number of Topliss-reactive ketones (excluding diaryl/α,β-unsaturated/α-hetero) is 1. The zero-order valence-corrected chi connectivity index (χ0v) is 17.0. The van der Waals surface area contributed by atoms with Gasteiger partial charge in [-0.15, -0.1) is 0 Å². The van der Waals surface area contributed by atoms with E-state index in [-0.39, 0.29) is 23.1 Å². The summed E-state index contributed by atoms with van der Waals surface area (Å²) in [5.74, 6) is -0.879. The van der Waals surface area contributed by atoms with Gasteiger partial charge < -0.3 is 9.30 Å². The lowest BCUT2D eigenvalue weighted by atomic mass is 10.1. The van der Waals surface area contributed by atoms with Gasteiger partial charge in [-0.1, -0.05) is 27.5 Å². The van der Waals surface area contributed by atoms with E-state index in [1.54, 1.807) is 6.07 Å². The van der Waals surface area contributed by atoms with Gasteiger partial charge in [0.1, 0.15) is 5.15 Å². The third-order valence-corrected chi connectivity index (χ3v) is 4.87. The molecule has 0 aliphatic heterocycles. The third kappa shape index (κ3) is 4.28. The zero-order chi connectivity index (χ0) is 19.6. The number of hydrogen-bond acceptors (Lipinski definition) is 4. The van der Waals surface area contributed by atoms with Crippen LogP contribution in [0, 0.1) is 13.8 Å². The van der Waals surface area contributed by atoms with Crippen LogP contribution in [0.15, 0.2) is 53.1 Å². The topological polar surface area (TPSA) is 61.2 Å². The van der Waals surface area contributed by atoms with E-state index in [2.05, 4.69) is 20.9 Å². The Balaban J connectivity index is 1.75. The summed E-state index contributed by atoms with van der Waals surface area (Å²) >= 11 is 9.11. The van der Waals surface area contributed by atoms with Gasteiger partial charge in [0.05, 0.1) is 5.56 Å². The van der Waals surface area contributed by atoms with E-state index in [4.69, 9.17) is 16.3 Å². The van der Waals surface area contributed by atoms with Crippen LogP contribution in [0.3, 0.4) is 0 Å². The third-order valence-electron chi connectivity index (χ3n) is 4.11. The first-order valence-electron chi connectivity index (χ1n) is 8.13. The minimum Gasteiger partial charge on any atom is -0.454 e. The summed E-state index contributed by atoms with van der Waals surface area (Å²) in [5, 5.41) is 0.281. The molecular formula is C20H16BrClN2O3. The zero-order valence-electron chi connectivity index (χ0n) is 14.7. The molecule has 3 aromatic rings. The van der Waals surface area contributed by atoms with Gasteiger partial charge in [-0.2, -0.15) is 0 Å². The number of nitrogens with zero attached hydrogens (tertiary/aromatic N) is 2. The average molecular weight is 448 g/mol. The number of aromatic nitrogens is 2. The number of esters is 1. The Labute approximate surface area is 170 Å². The number of benzene rings is 1. The number of hydrogen-bond donors (Lipinski definition) is 0. The Hall–Kier alpha value is -2.44. The number of pyridine rings is 1. The maximum Gasteiger partial charge on any atom is 0.340 e. The lowest BCUT2D eigenvalue weighted by molar-refractivity contribution is 0.0474. The van der Waals surface area contributed by atoms with Gasteiger partial charge in [0, 0.05) is 33.3 Å². The lowest BCUT2D eigenvalue weighted by Crippen LogP contribution is -2.15. The highest BCUT2D eigenvalue weighted by atomic mass is 79.9. The maximum atomic E-state index is 12.6. The van der Waals surface area contributed by atoms with Gasteiger partial charge in [0.25, 0.3) is 0 Å². The number of carbonyl (C=O) groups is 2. The Kier molecular flexibility index (Phi) is 5.77. The van der Waals surface area contributed by atoms with Crippen molar-refractivity contribution in [3.8, 4) is 5.69 Å². The van der Waals surface area contributed by atoms with Crippen LogP contribution in [0.2, 0.25) is 5.15 Å². The van der Waals surface area contributed by atoms with E-state index in [1.807, 2.05) is 42.7 Å². The van der Waals surface area contributed by atoms with Crippen LogP contribution in [0.4, 0.5) is 0 Å². The Morgan fingerprint density at radius 2 is 1.85 bits per heavy atom. The van der Waals surface area contributed by atoms with Crippen LogP contribution in [0.5, 0.6) is 0 Å². The number of halogens is 2. The van der Waals surface area contributed by atoms with Crippen LogP contribution < -0.4 is 0 Å². The van der Waals surface area contributed by atoms with Crippen molar-refractivity contribution in [3.05, 3.63) is 80.8 Å². The van der Waals surface area contributed by atoms with Crippen molar-refractivity contribution >= 4 is 39.3 Å². The smallest absolute Gasteiger partial charge is 0.340 e. The lowest BCUT2D eigenvalue weighted by Gasteiger charge is -2.10. The summed E-state index contributed by atoms with van der Waals surface area (Å²) in [6, 6.07) is 12.6. The summed E-state index contributed by atoms with van der Waals surface area (Å²) in [6.45, 7) is 3.45. The van der Waals surface area contributed by atoms with E-state index in [9.17, 15) is 9.59 Å². The molecule has 0 unspecified atom stereocenters. The highest BCUT2D eigenvalue weighted by molar-refractivity contribution is 9.10. The molecule has 138 valence electrons. The van der Waals surface area contributed by atoms with Gasteiger partial charge in [-0.3, -0.25) is 4.79 Å². The molecule has 3 rings (SSSR count). The summed E-state index contributed by atoms with van der Waals surface area (Å²) in [4.78, 5) is 28.4. The van der Waals surface area contributed by atoms with Gasteiger partial charge in [-0.05, 0) is 56.3 Å². The summed E-state index contributed by atoms with van der Waals surface area (Å²) in [6.07, 6.45) is 1.31. The first-order valence-corrected chi connectivity index (χ1v) is 9.30. The Bertz CT molecular complexity index is 995. The molecule has 0 saturated heterocycles. The molecule has 0 aliphatic rings. The van der Waals surface area contributed by atoms with Crippen molar-refractivity contribution < 1.29 is 14.3 Å². The monoisotopic (exact) mass is 446 g/mol. The van der Waals surface area contributed by atoms with Crippen LogP contribution in [0.1, 0.15) is 32.1 Å². The fourth-order valence-electron chi connectivity index (χ4n) is 2.82. The second-order valence-corrected chi connectivity index (χ2v) is 7.27. The molecule has 0 saturated carbocycles. The largest absolute Gasteiger partial charge is 0.454 e. The van der Waals surface area contributed by atoms with E-state index >= 15 is 0 Å². The molecule has 5 nitrogen and oxygen atoms in total. The fourth-order valence-corrected chi connectivity index (χ4v) is 3.20. The van der Waals surface area contributed by atoms with Crippen LogP contribution >= 0.6 is 27.5 Å². The summed E-state index contributed by atoms with van der Waals surface area (Å²) < 4.78 is 8.09. The molecule has 0 N–H and O–H groups in total. The SMILES string of the molecule is Cc1cc(C(=O)COC(=O)c2ccc(Cl)nc2)c(C)n1-c1ccc(Br)cc1. The second kappa shape index (κ2) is 8.06. The number of aryl methyl sites for hydroxylation is 1. The molecule has 0 bridgehead atoms. The standard InChI is InChI=1S/C20H16BrClN2O3/c1-12-9-17(13(2)24(12)16-6-4-15(21)5-7-16)18(25)11-27-20(26)14-3-8-19(22)23-10-14/h3-10H,11H2,1-2H3. The van der Waals surface area contributed by atoms with Crippen LogP contribution in [0.25, 0.3) is 5.69 Å². The van der Waals surface area contributed by atoms with Crippen molar-refractivity contribution in [2.45, 2.75) is 13.8 Å². The van der Waals surface area contributed by atoms with Gasteiger partial charge in [0.2, 0.25) is 5.78 Å². The van der Waals surface area contributed by atoms with Crippen LogP contribution in [-0.4, -0.2) is 27.9 Å². The summed E-state index contributed by atoms with van der Waals surface area (Å²) in [7, 11) is 0. The van der Waals surface area contributed by atoms with Crippen molar-refractivity contribution in [3.63, 3.8) is 0 Å². The number of carbonyl (C=O) groups excluding carboxylic acids is 2. The minimum atomic E-state index is -0.616. The summed E-state index contributed by atoms with van der Waals surface area (Å²) in [5.41, 5.74) is 3.44. The molecule has 2 heterocycles. The first-order chi connectivity index (χ1) is 12.9. The van der Waals surface area contributed by atoms with Gasteiger partial charge >= 0.3 is 5.97 Å². The van der Waals surface area contributed by atoms with Crippen molar-refractivity contribution in [1.29, 1.82) is 0 Å². The highest BCUT2D eigenvalue weighted by Gasteiger charge is 2.18. The van der Waals surface area contributed by atoms with Crippen molar-refractivity contribution in [1.82, 2.24) is 9.55 Å². The molecule has 7 heteroatoms. The van der Waals surface area contributed by atoms with Crippen molar-refractivity contribution in [2.24, 2.45) is 0 Å². The quantitative estimate of drug-likeness (QED) is 0.316.